The summed E-state index contributed by atoms with van der Waals surface area (Å²) >= 11 is 0. The molecule has 0 aliphatic carbocycles. The van der Waals surface area contributed by atoms with E-state index in [0.717, 1.165) is 0 Å². The van der Waals surface area contributed by atoms with E-state index in [1.165, 1.54) is 43.8 Å². The number of ether oxygens (including phenoxy) is 1. The highest BCUT2D eigenvalue weighted by atomic mass is 32.2. The van der Waals surface area contributed by atoms with Crippen LogP contribution in [0, 0.1) is 0 Å². The predicted octanol–water partition coefficient (Wildman–Crippen LogP) is 0.0435. The van der Waals surface area contributed by atoms with Gasteiger partial charge in [0.1, 0.15) is 0 Å². The molecule has 0 fully saturated rings. The first kappa shape index (κ1) is 15.7. The summed E-state index contributed by atoms with van der Waals surface area (Å²) in [6, 6.07) is 5.81. The van der Waals surface area contributed by atoms with Gasteiger partial charge < -0.3 is 15.9 Å². The van der Waals surface area contributed by atoms with Gasteiger partial charge in [0.05, 0.1) is 24.4 Å². The molecular formula is C11H14N4O4S. The molecule has 0 amide bonds. The van der Waals surface area contributed by atoms with Gasteiger partial charge in [0.25, 0.3) is 10.0 Å². The number of nitrogens with zero attached hydrogens (tertiary/aromatic N) is 2. The van der Waals surface area contributed by atoms with Gasteiger partial charge in [0.15, 0.2) is 5.75 Å². The van der Waals surface area contributed by atoms with Crippen LogP contribution in [0.5, 0.6) is 5.75 Å². The minimum absolute atomic E-state index is 0. The molecule has 0 aliphatic rings. The van der Waals surface area contributed by atoms with E-state index in [4.69, 9.17) is 10.5 Å². The van der Waals surface area contributed by atoms with Crippen LogP contribution in [-0.2, 0) is 10.0 Å². The molecular weight excluding hydrogens is 284 g/mol. The van der Waals surface area contributed by atoms with Crippen molar-refractivity contribution in [3.63, 3.8) is 0 Å². The van der Waals surface area contributed by atoms with Crippen molar-refractivity contribution in [3.8, 4) is 5.75 Å². The lowest BCUT2D eigenvalue weighted by atomic mass is 10.3. The summed E-state index contributed by atoms with van der Waals surface area (Å²) in [6.07, 6.45) is 2.74. The highest BCUT2D eigenvalue weighted by Gasteiger charge is 2.15. The third-order valence-corrected chi connectivity index (χ3v) is 3.62. The number of methoxy groups -OCH3 is 1. The Bertz CT molecular complexity index is 656. The molecule has 20 heavy (non-hydrogen) atoms. The fraction of sp³-hybridized carbons (Fsp3) is 0.0909. The Labute approximate surface area is 116 Å². The summed E-state index contributed by atoms with van der Waals surface area (Å²) < 4.78 is 31.1. The van der Waals surface area contributed by atoms with Crippen LogP contribution in [-0.4, -0.2) is 31.0 Å². The van der Waals surface area contributed by atoms with E-state index in [-0.39, 0.29) is 16.3 Å². The molecule has 0 unspecified atom stereocenters. The average molecular weight is 298 g/mol. The topological polar surface area (TPSA) is 139 Å². The number of aromatic nitrogens is 2. The van der Waals surface area contributed by atoms with E-state index in [0.29, 0.717) is 11.4 Å². The molecule has 0 spiro atoms. The van der Waals surface area contributed by atoms with Crippen molar-refractivity contribution in [2.45, 2.75) is 4.90 Å². The number of hydrogen-bond donors (Lipinski definition) is 2. The van der Waals surface area contributed by atoms with Gasteiger partial charge in [-0.1, -0.05) is 0 Å². The fourth-order valence-corrected chi connectivity index (χ4v) is 2.26. The lowest BCUT2D eigenvalue weighted by molar-refractivity contribution is 0.411. The van der Waals surface area contributed by atoms with Crippen LogP contribution in [0.2, 0.25) is 0 Å². The van der Waals surface area contributed by atoms with E-state index in [1.54, 1.807) is 0 Å². The number of benzene rings is 1. The molecule has 108 valence electrons. The SMILES string of the molecule is COc1cnc(NS(=O)(=O)c2ccc(N)cc2)nc1.O. The maximum absolute atomic E-state index is 12.0. The maximum Gasteiger partial charge on any atom is 0.264 e. The standard InChI is InChI=1S/C11H12N4O3S.H2O/c1-18-9-6-13-11(14-7-9)15-19(16,17)10-4-2-8(12)3-5-10;/h2-7H,12H2,1H3,(H,13,14,15);1H2. The van der Waals surface area contributed by atoms with Crippen LogP contribution in [0.25, 0.3) is 0 Å². The molecule has 1 aromatic heterocycles. The number of sulfonamides is 1. The van der Waals surface area contributed by atoms with Crippen molar-refractivity contribution in [2.75, 3.05) is 17.6 Å². The summed E-state index contributed by atoms with van der Waals surface area (Å²) in [5, 5.41) is 0. The van der Waals surface area contributed by atoms with Crippen LogP contribution in [0.15, 0.2) is 41.6 Å². The van der Waals surface area contributed by atoms with Crippen LogP contribution in [0.4, 0.5) is 11.6 Å². The minimum Gasteiger partial charge on any atom is -0.494 e. The highest BCUT2D eigenvalue weighted by molar-refractivity contribution is 7.92. The predicted molar refractivity (Wildman–Crippen MR) is 73.9 cm³/mol. The molecule has 2 rings (SSSR count). The van der Waals surface area contributed by atoms with E-state index in [2.05, 4.69) is 14.7 Å². The van der Waals surface area contributed by atoms with Gasteiger partial charge in [-0.25, -0.2) is 23.1 Å². The first-order chi connectivity index (χ1) is 9.01. The molecule has 0 aliphatic heterocycles. The highest BCUT2D eigenvalue weighted by Crippen LogP contribution is 2.15. The molecule has 1 aromatic carbocycles. The second-order valence-electron chi connectivity index (χ2n) is 3.62. The van der Waals surface area contributed by atoms with E-state index >= 15 is 0 Å². The zero-order valence-corrected chi connectivity index (χ0v) is 11.4. The molecule has 9 heteroatoms. The molecule has 0 bridgehead atoms. The third-order valence-electron chi connectivity index (χ3n) is 2.28. The van der Waals surface area contributed by atoms with E-state index < -0.39 is 10.0 Å². The van der Waals surface area contributed by atoms with Crippen LogP contribution >= 0.6 is 0 Å². The number of nitrogens with one attached hydrogen (secondary N) is 1. The van der Waals surface area contributed by atoms with E-state index in [9.17, 15) is 8.42 Å². The molecule has 0 atom stereocenters. The largest absolute Gasteiger partial charge is 0.494 e. The van der Waals surface area contributed by atoms with Crippen molar-refractivity contribution < 1.29 is 18.6 Å². The molecule has 1 heterocycles. The summed E-state index contributed by atoms with van der Waals surface area (Å²) in [5.74, 6) is 0.410. The van der Waals surface area contributed by atoms with Crippen molar-refractivity contribution in [1.82, 2.24) is 9.97 Å². The van der Waals surface area contributed by atoms with Crippen LogP contribution < -0.4 is 15.2 Å². The first-order valence-electron chi connectivity index (χ1n) is 5.25. The number of nitrogen functional groups attached to an aromatic ring is 1. The Balaban J connectivity index is 0.00000200. The normalized spacial score (nSPS) is 10.4. The van der Waals surface area contributed by atoms with Crippen molar-refractivity contribution >= 4 is 21.7 Å². The molecule has 2 aromatic rings. The first-order valence-corrected chi connectivity index (χ1v) is 6.74. The van der Waals surface area contributed by atoms with Gasteiger partial charge in [-0.15, -0.1) is 0 Å². The quantitative estimate of drug-likeness (QED) is 0.764. The van der Waals surface area contributed by atoms with Crippen LogP contribution in [0.1, 0.15) is 0 Å². The summed E-state index contributed by atoms with van der Waals surface area (Å²) in [4.78, 5) is 7.74. The van der Waals surface area contributed by atoms with Gasteiger partial charge in [-0.2, -0.15) is 0 Å². The Hall–Kier alpha value is -2.39. The van der Waals surface area contributed by atoms with Gasteiger partial charge in [-0.3, -0.25) is 0 Å². The Kier molecular flexibility index (Phi) is 4.83. The molecule has 5 N–H and O–H groups in total. The number of anilines is 2. The molecule has 0 radical (unpaired) electrons. The summed E-state index contributed by atoms with van der Waals surface area (Å²) in [6.45, 7) is 0. The number of nitrogens with two attached hydrogens (primary N) is 1. The minimum atomic E-state index is -3.72. The Morgan fingerprint density at radius 3 is 2.20 bits per heavy atom. The Morgan fingerprint density at radius 2 is 1.70 bits per heavy atom. The van der Waals surface area contributed by atoms with Crippen molar-refractivity contribution in [1.29, 1.82) is 0 Å². The van der Waals surface area contributed by atoms with Crippen molar-refractivity contribution in [2.24, 2.45) is 0 Å². The van der Waals surface area contributed by atoms with Gasteiger partial charge in [0, 0.05) is 5.69 Å². The Morgan fingerprint density at radius 1 is 1.15 bits per heavy atom. The smallest absolute Gasteiger partial charge is 0.264 e. The zero-order valence-electron chi connectivity index (χ0n) is 10.6. The summed E-state index contributed by atoms with van der Waals surface area (Å²) in [5.41, 5.74) is 5.99. The monoisotopic (exact) mass is 298 g/mol. The van der Waals surface area contributed by atoms with E-state index in [1.807, 2.05) is 0 Å². The second kappa shape index (κ2) is 6.17. The second-order valence-corrected chi connectivity index (χ2v) is 5.30. The van der Waals surface area contributed by atoms with Crippen LogP contribution in [0.3, 0.4) is 0 Å². The number of hydrogen-bond acceptors (Lipinski definition) is 6. The fourth-order valence-electron chi connectivity index (χ4n) is 1.30. The molecule has 8 nitrogen and oxygen atoms in total. The average Bonchev–Trinajstić information content (AvgIpc) is 2.40. The molecule has 0 saturated heterocycles. The molecule has 0 saturated carbocycles. The lowest BCUT2D eigenvalue weighted by Crippen LogP contribution is -2.14. The maximum atomic E-state index is 12.0. The van der Waals surface area contributed by atoms with Gasteiger partial charge >= 0.3 is 0 Å². The van der Waals surface area contributed by atoms with Crippen molar-refractivity contribution in [3.05, 3.63) is 36.7 Å². The third kappa shape index (κ3) is 3.56. The number of rotatable bonds is 4. The van der Waals surface area contributed by atoms with Gasteiger partial charge in [0.2, 0.25) is 5.95 Å². The summed E-state index contributed by atoms with van der Waals surface area (Å²) in [7, 11) is -2.25. The zero-order chi connectivity index (χ0) is 13.9. The lowest BCUT2D eigenvalue weighted by Gasteiger charge is -2.07. The van der Waals surface area contributed by atoms with Gasteiger partial charge in [-0.05, 0) is 24.3 Å².